The van der Waals surface area contributed by atoms with Crippen molar-refractivity contribution in [1.29, 1.82) is 0 Å². The van der Waals surface area contributed by atoms with Crippen LogP contribution in [0.5, 0.6) is 0 Å². The van der Waals surface area contributed by atoms with Gasteiger partial charge in [0, 0.05) is 25.7 Å². The summed E-state index contributed by atoms with van der Waals surface area (Å²) in [6.45, 7) is 9.08. The Morgan fingerprint density at radius 1 is 1.32 bits per heavy atom. The van der Waals surface area contributed by atoms with E-state index in [1.165, 1.54) is 0 Å². The van der Waals surface area contributed by atoms with Gasteiger partial charge in [0.15, 0.2) is 0 Å². The van der Waals surface area contributed by atoms with Gasteiger partial charge >= 0.3 is 0 Å². The zero-order chi connectivity index (χ0) is 14.6. The van der Waals surface area contributed by atoms with Gasteiger partial charge in [0.05, 0.1) is 23.4 Å². The van der Waals surface area contributed by atoms with Crippen molar-refractivity contribution < 1.29 is 4.74 Å². The van der Waals surface area contributed by atoms with Crippen LogP contribution in [0.15, 0.2) is 4.79 Å². The largest absolute Gasteiger partial charge is 0.378 e. The highest BCUT2D eigenvalue weighted by molar-refractivity contribution is 7.71. The molecule has 0 bridgehead atoms. The Hall–Kier alpha value is -0.780. The molecule has 5 heteroatoms. The molecule has 0 unspecified atom stereocenters. The molecule has 4 nitrogen and oxygen atoms in total. The van der Waals surface area contributed by atoms with Crippen molar-refractivity contribution in [3.05, 3.63) is 20.3 Å². The van der Waals surface area contributed by atoms with E-state index in [9.17, 15) is 4.79 Å². The Balaban J connectivity index is 2.64. The first-order chi connectivity index (χ1) is 8.80. The normalized spacial score (nSPS) is 12.1. The van der Waals surface area contributed by atoms with Gasteiger partial charge in [0.25, 0.3) is 0 Å². The molecule has 0 heterocycles. The number of rotatable bonds is 7. The molecule has 19 heavy (non-hydrogen) atoms. The summed E-state index contributed by atoms with van der Waals surface area (Å²) in [4.78, 5) is 13.9. The lowest BCUT2D eigenvalue weighted by Gasteiger charge is -2.30. The van der Waals surface area contributed by atoms with E-state index >= 15 is 0 Å². The number of hydrogen-bond donors (Lipinski definition) is 1. The molecule has 1 aromatic carbocycles. The molecule has 1 rings (SSSR count). The second kappa shape index (κ2) is 6.59. The Kier molecular flexibility index (Phi) is 5.64. The molecule has 0 spiro atoms. The Bertz CT molecular complexity index is 484. The van der Waals surface area contributed by atoms with E-state index in [0.29, 0.717) is 24.3 Å². The van der Waals surface area contributed by atoms with Crippen LogP contribution in [0.4, 0.5) is 5.69 Å². The lowest BCUT2D eigenvalue weighted by molar-refractivity contribution is 0.144. The SMILES string of the molecule is CNCCOCCN(C)c1c(C(C)(C)C)c(=S)c1=O. The van der Waals surface area contributed by atoms with Gasteiger partial charge in [-0.2, -0.15) is 0 Å². The summed E-state index contributed by atoms with van der Waals surface area (Å²) in [6, 6.07) is 0. The van der Waals surface area contributed by atoms with E-state index in [2.05, 4.69) is 26.1 Å². The van der Waals surface area contributed by atoms with E-state index in [-0.39, 0.29) is 10.8 Å². The highest BCUT2D eigenvalue weighted by Gasteiger charge is 2.29. The van der Waals surface area contributed by atoms with E-state index in [4.69, 9.17) is 17.0 Å². The monoisotopic (exact) mass is 284 g/mol. The maximum atomic E-state index is 11.9. The molecule has 1 N–H and O–H groups in total. The van der Waals surface area contributed by atoms with Gasteiger partial charge in [-0.05, 0) is 12.5 Å². The van der Waals surface area contributed by atoms with Crippen molar-refractivity contribution in [3.63, 3.8) is 0 Å². The van der Waals surface area contributed by atoms with Crippen molar-refractivity contribution in [2.45, 2.75) is 26.2 Å². The zero-order valence-electron chi connectivity index (χ0n) is 12.5. The first-order valence-corrected chi connectivity index (χ1v) is 6.98. The second-order valence-corrected chi connectivity index (χ2v) is 6.18. The molecule has 108 valence electrons. The first-order valence-electron chi connectivity index (χ1n) is 6.58. The Morgan fingerprint density at radius 2 is 1.95 bits per heavy atom. The molecule has 0 fully saturated rings. The van der Waals surface area contributed by atoms with E-state index in [1.807, 2.05) is 19.0 Å². The number of hydrogen-bond acceptors (Lipinski definition) is 5. The molecule has 0 aliphatic heterocycles. The molecule has 0 amide bonds. The predicted molar refractivity (Wildman–Crippen MR) is 82.6 cm³/mol. The van der Waals surface area contributed by atoms with Crippen LogP contribution in [0.1, 0.15) is 26.3 Å². The van der Waals surface area contributed by atoms with Crippen LogP contribution in [0.2, 0.25) is 0 Å². The quantitative estimate of drug-likeness (QED) is 0.609. The summed E-state index contributed by atoms with van der Waals surface area (Å²) in [5.41, 5.74) is 1.68. The lowest BCUT2D eigenvalue weighted by atomic mass is 9.82. The molecular weight excluding hydrogens is 260 g/mol. The lowest BCUT2D eigenvalue weighted by Crippen LogP contribution is -2.36. The molecule has 0 aromatic heterocycles. The Morgan fingerprint density at radius 3 is 2.47 bits per heavy atom. The minimum atomic E-state index is -0.0818. The molecule has 1 aromatic rings. The number of likely N-dealkylation sites (N-methyl/N-ethyl adjacent to an activating group) is 2. The molecular formula is C14H24N2O2S. The van der Waals surface area contributed by atoms with Crippen molar-refractivity contribution >= 4 is 17.9 Å². The Labute approximate surface area is 120 Å². The van der Waals surface area contributed by atoms with E-state index in [0.717, 1.165) is 17.8 Å². The van der Waals surface area contributed by atoms with Crippen LogP contribution in [0, 0.1) is 4.51 Å². The molecule has 0 saturated heterocycles. The number of nitrogens with one attached hydrogen (secondary N) is 1. The number of nitrogens with zero attached hydrogens (tertiary/aromatic N) is 1. The van der Waals surface area contributed by atoms with Crippen LogP contribution >= 0.6 is 12.2 Å². The van der Waals surface area contributed by atoms with Crippen LogP contribution in [0.25, 0.3) is 0 Å². The predicted octanol–water partition coefficient (Wildman–Crippen LogP) is 1.62. The smallest absolute Gasteiger partial charge is 0.220 e. The molecule has 0 saturated carbocycles. The molecule has 0 aliphatic carbocycles. The molecule has 0 radical (unpaired) electrons. The summed E-state index contributed by atoms with van der Waals surface area (Å²) in [5, 5.41) is 3.02. The molecule has 0 atom stereocenters. The summed E-state index contributed by atoms with van der Waals surface area (Å²) in [7, 11) is 3.81. The molecule has 0 aliphatic rings. The third kappa shape index (κ3) is 3.84. The van der Waals surface area contributed by atoms with Crippen LogP contribution < -0.4 is 15.6 Å². The maximum absolute atomic E-state index is 11.9. The topological polar surface area (TPSA) is 41.6 Å². The van der Waals surface area contributed by atoms with Gasteiger partial charge in [0.2, 0.25) is 5.43 Å². The standard InChI is InChI=1S/C14H24N2O2S/c1-14(2,3)10-11(12(17)13(10)19)16(5)7-9-18-8-6-15-4/h15H,6-9H2,1-5H3. The van der Waals surface area contributed by atoms with Gasteiger partial charge in [-0.25, -0.2) is 0 Å². The fraction of sp³-hybridized carbons (Fsp3) is 0.714. The average molecular weight is 284 g/mol. The third-order valence-corrected chi connectivity index (χ3v) is 3.47. The average Bonchev–Trinajstić information content (AvgIpc) is 2.32. The van der Waals surface area contributed by atoms with Crippen LogP contribution in [-0.4, -0.2) is 40.4 Å². The number of anilines is 1. The fourth-order valence-corrected chi connectivity index (χ4v) is 2.53. The van der Waals surface area contributed by atoms with Gasteiger partial charge in [0.1, 0.15) is 0 Å². The highest BCUT2D eigenvalue weighted by atomic mass is 32.1. The zero-order valence-corrected chi connectivity index (χ0v) is 13.3. The van der Waals surface area contributed by atoms with Crippen molar-refractivity contribution in [1.82, 2.24) is 5.32 Å². The van der Waals surface area contributed by atoms with Gasteiger partial charge in [-0.3, -0.25) is 4.79 Å². The van der Waals surface area contributed by atoms with Crippen LogP contribution in [-0.2, 0) is 10.2 Å². The van der Waals surface area contributed by atoms with Crippen molar-refractivity contribution in [2.24, 2.45) is 0 Å². The van der Waals surface area contributed by atoms with Crippen LogP contribution in [0.3, 0.4) is 0 Å². The summed E-state index contributed by atoms with van der Waals surface area (Å²) in [5.74, 6) is 0. The summed E-state index contributed by atoms with van der Waals surface area (Å²) < 4.78 is 5.97. The van der Waals surface area contributed by atoms with Crippen molar-refractivity contribution in [2.75, 3.05) is 45.3 Å². The van der Waals surface area contributed by atoms with Gasteiger partial charge < -0.3 is 15.0 Å². The summed E-state index contributed by atoms with van der Waals surface area (Å²) in [6.07, 6.45) is 0. The third-order valence-electron chi connectivity index (χ3n) is 3.08. The fourth-order valence-electron chi connectivity index (χ4n) is 2.03. The minimum absolute atomic E-state index is 0.00218. The van der Waals surface area contributed by atoms with E-state index < -0.39 is 0 Å². The maximum Gasteiger partial charge on any atom is 0.220 e. The van der Waals surface area contributed by atoms with Gasteiger partial charge in [-0.1, -0.05) is 33.0 Å². The highest BCUT2D eigenvalue weighted by Crippen LogP contribution is 2.32. The van der Waals surface area contributed by atoms with Gasteiger partial charge in [-0.15, -0.1) is 0 Å². The van der Waals surface area contributed by atoms with E-state index in [1.54, 1.807) is 0 Å². The van der Waals surface area contributed by atoms with Crippen molar-refractivity contribution in [3.8, 4) is 0 Å². The summed E-state index contributed by atoms with van der Waals surface area (Å²) >= 11 is 5.17. The number of ether oxygens (including phenoxy) is 1. The minimum Gasteiger partial charge on any atom is -0.378 e. The first kappa shape index (κ1) is 16.3. The second-order valence-electron chi connectivity index (χ2n) is 5.77.